The molecule has 0 fully saturated rings. The van der Waals surface area contributed by atoms with Crippen LogP contribution in [0.15, 0.2) is 36.4 Å². The molecule has 0 heterocycles. The number of hydrogen-bond acceptors (Lipinski definition) is 3. The van der Waals surface area contributed by atoms with Gasteiger partial charge in [-0.15, -0.1) is 0 Å². The van der Waals surface area contributed by atoms with E-state index in [1.165, 1.54) is 4.90 Å². The van der Waals surface area contributed by atoms with Gasteiger partial charge < -0.3 is 15.0 Å². The summed E-state index contributed by atoms with van der Waals surface area (Å²) < 4.78 is 5.71. The van der Waals surface area contributed by atoms with Crippen molar-refractivity contribution in [2.45, 2.75) is 46.7 Å². The molecule has 8 heteroatoms. The van der Waals surface area contributed by atoms with Crippen LogP contribution < -0.4 is 10.1 Å². The van der Waals surface area contributed by atoms with Crippen molar-refractivity contribution in [1.82, 2.24) is 10.2 Å². The Labute approximate surface area is 205 Å². The molecule has 2 aromatic rings. The molecular formula is C24H29Cl3N2O3. The minimum atomic E-state index is -0.663. The van der Waals surface area contributed by atoms with Gasteiger partial charge in [0.05, 0.1) is 0 Å². The Hall–Kier alpha value is -1.95. The van der Waals surface area contributed by atoms with Crippen LogP contribution in [0, 0.1) is 12.8 Å². The van der Waals surface area contributed by atoms with Gasteiger partial charge in [-0.2, -0.15) is 0 Å². The van der Waals surface area contributed by atoms with Crippen molar-refractivity contribution in [3.05, 3.63) is 62.6 Å². The number of aryl methyl sites for hydroxylation is 1. The van der Waals surface area contributed by atoms with Gasteiger partial charge in [-0.1, -0.05) is 61.6 Å². The van der Waals surface area contributed by atoms with E-state index in [4.69, 9.17) is 39.5 Å². The molecule has 0 aliphatic heterocycles. The summed E-state index contributed by atoms with van der Waals surface area (Å²) in [5, 5.41) is 4.48. The number of carbonyl (C=O) groups excluding carboxylic acids is 2. The molecule has 0 saturated carbocycles. The van der Waals surface area contributed by atoms with Gasteiger partial charge in [0.15, 0.2) is 6.61 Å². The highest BCUT2D eigenvalue weighted by atomic mass is 35.5. The lowest BCUT2D eigenvalue weighted by atomic mass is 10.1. The minimum Gasteiger partial charge on any atom is -0.484 e. The fourth-order valence-electron chi connectivity index (χ4n) is 3.11. The van der Waals surface area contributed by atoms with Crippen LogP contribution in [0.25, 0.3) is 0 Å². The molecule has 0 saturated heterocycles. The van der Waals surface area contributed by atoms with E-state index in [1.807, 2.05) is 27.7 Å². The Morgan fingerprint density at radius 2 is 1.78 bits per heavy atom. The molecule has 0 bridgehead atoms. The number of benzene rings is 2. The Morgan fingerprint density at radius 1 is 1.06 bits per heavy atom. The van der Waals surface area contributed by atoms with Gasteiger partial charge in [0.2, 0.25) is 5.91 Å². The molecule has 0 aromatic heterocycles. The smallest absolute Gasteiger partial charge is 0.261 e. The summed E-state index contributed by atoms with van der Waals surface area (Å²) in [5.74, 6) is 0.293. The average Bonchev–Trinajstić information content (AvgIpc) is 2.74. The largest absolute Gasteiger partial charge is 0.484 e. The second kappa shape index (κ2) is 12.3. The summed E-state index contributed by atoms with van der Waals surface area (Å²) in [5.41, 5.74) is 1.54. The average molecular weight is 500 g/mol. The number of rotatable bonds is 10. The molecule has 32 heavy (non-hydrogen) atoms. The third kappa shape index (κ3) is 7.58. The van der Waals surface area contributed by atoms with Crippen molar-refractivity contribution in [1.29, 1.82) is 0 Å². The van der Waals surface area contributed by atoms with Crippen LogP contribution in [0.4, 0.5) is 0 Å². The van der Waals surface area contributed by atoms with E-state index in [1.54, 1.807) is 36.4 Å². The highest BCUT2D eigenvalue weighted by molar-refractivity contribution is 6.35. The number of halogens is 3. The zero-order chi connectivity index (χ0) is 23.8. The highest BCUT2D eigenvalue weighted by Gasteiger charge is 2.29. The van der Waals surface area contributed by atoms with Gasteiger partial charge in [0, 0.05) is 28.2 Å². The van der Waals surface area contributed by atoms with Crippen LogP contribution in [0.2, 0.25) is 15.1 Å². The van der Waals surface area contributed by atoms with E-state index in [2.05, 4.69) is 5.32 Å². The van der Waals surface area contributed by atoms with E-state index in [9.17, 15) is 9.59 Å². The number of nitrogens with zero attached hydrogens (tertiary/aromatic N) is 1. The van der Waals surface area contributed by atoms with Crippen LogP contribution in [0.5, 0.6) is 5.75 Å². The monoisotopic (exact) mass is 498 g/mol. The van der Waals surface area contributed by atoms with Crippen molar-refractivity contribution in [3.8, 4) is 5.75 Å². The number of nitrogens with one attached hydrogen (secondary N) is 1. The van der Waals surface area contributed by atoms with Crippen molar-refractivity contribution in [3.63, 3.8) is 0 Å². The van der Waals surface area contributed by atoms with E-state index >= 15 is 0 Å². The first kappa shape index (κ1) is 26.3. The van der Waals surface area contributed by atoms with E-state index in [0.717, 1.165) is 5.56 Å². The molecule has 1 atom stereocenters. The van der Waals surface area contributed by atoms with E-state index in [-0.39, 0.29) is 25.0 Å². The summed E-state index contributed by atoms with van der Waals surface area (Å²) in [6.45, 7) is 8.22. The van der Waals surface area contributed by atoms with Gasteiger partial charge in [-0.05, 0) is 60.7 Å². The van der Waals surface area contributed by atoms with E-state index in [0.29, 0.717) is 45.3 Å². The maximum atomic E-state index is 13.2. The molecule has 0 radical (unpaired) electrons. The summed E-state index contributed by atoms with van der Waals surface area (Å²) >= 11 is 18.4. The molecule has 2 amide bonds. The molecular weight excluding hydrogens is 471 g/mol. The fraction of sp³-hybridized carbons (Fsp3) is 0.417. The SMILES string of the molecule is CCC(C(=O)NCC(C)C)N(Cc1ccc(Cl)cc1Cl)C(=O)COc1ccc(Cl)c(C)c1. The maximum Gasteiger partial charge on any atom is 0.261 e. The quantitative estimate of drug-likeness (QED) is 0.442. The predicted octanol–water partition coefficient (Wildman–Crippen LogP) is 5.91. The number of ether oxygens (including phenoxy) is 1. The molecule has 0 spiro atoms. The standard InChI is InChI=1S/C24H29Cl3N2O3/c1-5-22(24(31)28-12-15(2)3)29(13-17-6-7-18(25)11-21(17)27)23(30)14-32-19-8-9-20(26)16(4)10-19/h6-11,15,22H,5,12-14H2,1-4H3,(H,28,31). The van der Waals surface area contributed by atoms with Crippen LogP contribution in [0.3, 0.4) is 0 Å². The summed E-state index contributed by atoms with van der Waals surface area (Å²) in [6, 6.07) is 9.61. The van der Waals surface area contributed by atoms with Crippen LogP contribution >= 0.6 is 34.8 Å². The van der Waals surface area contributed by atoms with Crippen molar-refractivity contribution in [2.24, 2.45) is 5.92 Å². The Kier molecular flexibility index (Phi) is 10.1. The molecule has 5 nitrogen and oxygen atoms in total. The van der Waals surface area contributed by atoms with Crippen LogP contribution in [0.1, 0.15) is 38.3 Å². The zero-order valence-corrected chi connectivity index (χ0v) is 21.0. The van der Waals surface area contributed by atoms with Gasteiger partial charge in [0.1, 0.15) is 11.8 Å². The summed E-state index contributed by atoms with van der Waals surface area (Å²) in [4.78, 5) is 27.6. The normalized spacial score (nSPS) is 11.9. The third-order valence-corrected chi connectivity index (χ3v) is 5.93. The molecule has 2 rings (SSSR count). The highest BCUT2D eigenvalue weighted by Crippen LogP contribution is 2.24. The molecule has 1 unspecified atom stereocenters. The zero-order valence-electron chi connectivity index (χ0n) is 18.8. The maximum absolute atomic E-state index is 13.2. The van der Waals surface area contributed by atoms with Gasteiger partial charge in [0.25, 0.3) is 5.91 Å². The summed E-state index contributed by atoms with van der Waals surface area (Å²) in [6.07, 6.45) is 0.445. The van der Waals surface area contributed by atoms with Crippen LogP contribution in [-0.4, -0.2) is 35.9 Å². The van der Waals surface area contributed by atoms with Crippen molar-refractivity contribution in [2.75, 3.05) is 13.2 Å². The lowest BCUT2D eigenvalue weighted by molar-refractivity contribution is -0.143. The lowest BCUT2D eigenvalue weighted by Crippen LogP contribution is -2.50. The Balaban J connectivity index is 2.24. The topological polar surface area (TPSA) is 58.6 Å². The van der Waals surface area contributed by atoms with Crippen LogP contribution in [-0.2, 0) is 16.1 Å². The minimum absolute atomic E-state index is 0.158. The lowest BCUT2D eigenvalue weighted by Gasteiger charge is -2.31. The number of hydrogen-bond donors (Lipinski definition) is 1. The first-order chi connectivity index (χ1) is 15.1. The molecule has 2 aromatic carbocycles. The van der Waals surface area contributed by atoms with Crippen molar-refractivity contribution >= 4 is 46.6 Å². The summed E-state index contributed by atoms with van der Waals surface area (Å²) in [7, 11) is 0. The van der Waals surface area contributed by atoms with E-state index < -0.39 is 6.04 Å². The number of amides is 2. The molecule has 1 N–H and O–H groups in total. The number of carbonyl (C=O) groups is 2. The first-order valence-corrected chi connectivity index (χ1v) is 11.7. The van der Waals surface area contributed by atoms with Crippen molar-refractivity contribution < 1.29 is 14.3 Å². The predicted molar refractivity (Wildman–Crippen MR) is 131 cm³/mol. The Morgan fingerprint density at radius 3 is 2.38 bits per heavy atom. The third-order valence-electron chi connectivity index (χ3n) is 4.92. The van der Waals surface area contributed by atoms with Gasteiger partial charge >= 0.3 is 0 Å². The molecule has 0 aliphatic carbocycles. The Bertz CT molecular complexity index is 950. The second-order valence-corrected chi connectivity index (χ2v) is 9.27. The first-order valence-electron chi connectivity index (χ1n) is 10.5. The van der Waals surface area contributed by atoms with Gasteiger partial charge in [-0.25, -0.2) is 0 Å². The molecule has 0 aliphatic rings. The second-order valence-electron chi connectivity index (χ2n) is 8.02. The molecule has 174 valence electrons. The fourth-order valence-corrected chi connectivity index (χ4v) is 3.70. The van der Waals surface area contributed by atoms with Gasteiger partial charge in [-0.3, -0.25) is 9.59 Å².